The maximum atomic E-state index is 10.1. The maximum absolute atomic E-state index is 10.1. The molecule has 0 aliphatic heterocycles. The Bertz CT molecular complexity index is 207. The van der Waals surface area contributed by atoms with Crippen molar-refractivity contribution in [3.05, 3.63) is 0 Å². The zero-order chi connectivity index (χ0) is 14.6. The van der Waals surface area contributed by atoms with Gasteiger partial charge in [-0.15, -0.1) is 0 Å². The van der Waals surface area contributed by atoms with Gasteiger partial charge in [0.05, 0.1) is 0 Å². The fourth-order valence-electron chi connectivity index (χ4n) is 1.26. The summed E-state index contributed by atoms with van der Waals surface area (Å²) in [5.74, 6) is -2.40. The predicted molar refractivity (Wildman–Crippen MR) is 67.4 cm³/mol. The van der Waals surface area contributed by atoms with Crippen molar-refractivity contribution in [2.45, 2.75) is 66.2 Å². The summed E-state index contributed by atoms with van der Waals surface area (Å²) in [7, 11) is 0. The van der Waals surface area contributed by atoms with E-state index >= 15 is 0 Å². The molecule has 0 aliphatic rings. The van der Waals surface area contributed by atoms with Crippen molar-refractivity contribution in [1.29, 1.82) is 0 Å². The van der Waals surface area contributed by atoms with E-state index in [4.69, 9.17) is 0 Å². The molecule has 0 amide bonds. The van der Waals surface area contributed by atoms with E-state index in [1.165, 1.54) is 0 Å². The van der Waals surface area contributed by atoms with E-state index in [0.717, 1.165) is 38.5 Å². The minimum Gasteiger partial charge on any atom is -0.550 e. The molecule has 0 aromatic rings. The molecule has 19 heavy (non-hydrogen) atoms. The van der Waals surface area contributed by atoms with Gasteiger partial charge in [0.15, 0.2) is 0 Å². The van der Waals surface area contributed by atoms with E-state index in [0.29, 0.717) is 0 Å². The van der Waals surface area contributed by atoms with Crippen LogP contribution in [0.3, 0.4) is 0 Å². The first-order chi connectivity index (χ1) is 8.36. The largest absolute Gasteiger partial charge is 2.00 e. The smallest absolute Gasteiger partial charge is 0.550 e. The van der Waals surface area contributed by atoms with Crippen LogP contribution in [0.4, 0.5) is 0 Å². The summed E-state index contributed by atoms with van der Waals surface area (Å²) in [6, 6.07) is 0. The van der Waals surface area contributed by atoms with Crippen molar-refractivity contribution in [2.24, 2.45) is 11.8 Å². The van der Waals surface area contributed by atoms with E-state index in [2.05, 4.69) is 0 Å². The normalized spacial score (nSPS) is 12.4. The van der Waals surface area contributed by atoms with Crippen LogP contribution in [0.1, 0.15) is 66.2 Å². The van der Waals surface area contributed by atoms with E-state index in [9.17, 15) is 19.8 Å². The number of aliphatic carboxylic acids is 2. The maximum Gasteiger partial charge on any atom is 2.00 e. The number of hydrogen-bond acceptors (Lipinski definition) is 4. The second-order valence-electron chi connectivity index (χ2n) is 4.72. The van der Waals surface area contributed by atoms with Crippen LogP contribution in [0.2, 0.25) is 0 Å². The van der Waals surface area contributed by atoms with Crippen molar-refractivity contribution < 1.29 is 36.9 Å². The molecule has 1 radical (unpaired) electrons. The molecular formula is C14H26CuO4. The van der Waals surface area contributed by atoms with Crippen molar-refractivity contribution in [1.82, 2.24) is 0 Å². The summed E-state index contributed by atoms with van der Waals surface area (Å²) in [6.07, 6.45) is 5.57. The summed E-state index contributed by atoms with van der Waals surface area (Å²) >= 11 is 0. The molecule has 2 atom stereocenters. The number of carboxylic acid groups (broad SMARTS) is 2. The Morgan fingerprint density at radius 3 is 1.26 bits per heavy atom. The van der Waals surface area contributed by atoms with Gasteiger partial charge in [-0.2, -0.15) is 0 Å². The van der Waals surface area contributed by atoms with Gasteiger partial charge in [0.25, 0.3) is 0 Å². The van der Waals surface area contributed by atoms with Crippen LogP contribution in [-0.4, -0.2) is 11.9 Å². The van der Waals surface area contributed by atoms with Gasteiger partial charge < -0.3 is 19.8 Å². The number of carboxylic acids is 2. The van der Waals surface area contributed by atoms with Crippen LogP contribution < -0.4 is 10.2 Å². The molecule has 0 aromatic carbocycles. The van der Waals surface area contributed by atoms with E-state index in [1.54, 1.807) is 13.8 Å². The monoisotopic (exact) mass is 321 g/mol. The molecule has 0 fully saturated rings. The van der Waals surface area contributed by atoms with Gasteiger partial charge in [0.1, 0.15) is 0 Å². The van der Waals surface area contributed by atoms with Crippen LogP contribution in [0.5, 0.6) is 0 Å². The van der Waals surface area contributed by atoms with Gasteiger partial charge in [0, 0.05) is 11.9 Å². The molecule has 5 heteroatoms. The fourth-order valence-corrected chi connectivity index (χ4v) is 1.26. The molecule has 0 heterocycles. The number of rotatable bonds is 8. The molecule has 0 bridgehead atoms. The van der Waals surface area contributed by atoms with Crippen molar-refractivity contribution >= 4 is 11.9 Å². The Balaban J connectivity index is -0.000000256. The summed E-state index contributed by atoms with van der Waals surface area (Å²) < 4.78 is 0. The van der Waals surface area contributed by atoms with Crippen molar-refractivity contribution in [2.75, 3.05) is 0 Å². The topological polar surface area (TPSA) is 80.3 Å². The Labute approximate surface area is 127 Å². The third kappa shape index (κ3) is 17.5. The minimum atomic E-state index is -0.927. The van der Waals surface area contributed by atoms with E-state index < -0.39 is 11.9 Å². The Hall–Kier alpha value is -0.541. The first kappa shape index (κ1) is 23.5. The number of hydrogen-bond donors (Lipinski definition) is 0. The quantitative estimate of drug-likeness (QED) is 0.627. The van der Waals surface area contributed by atoms with Crippen LogP contribution in [-0.2, 0) is 26.7 Å². The Morgan fingerprint density at radius 1 is 0.842 bits per heavy atom. The molecule has 0 saturated carbocycles. The number of unbranched alkanes of at least 4 members (excludes halogenated alkanes) is 2. The molecule has 0 N–H and O–H groups in total. The molecule has 0 saturated heterocycles. The minimum absolute atomic E-state index is 0. The molecule has 4 nitrogen and oxygen atoms in total. The van der Waals surface area contributed by atoms with Gasteiger partial charge in [-0.05, 0) is 24.7 Å². The van der Waals surface area contributed by atoms with Gasteiger partial charge >= 0.3 is 17.1 Å². The summed E-state index contributed by atoms with van der Waals surface area (Å²) in [5, 5.41) is 20.2. The van der Waals surface area contributed by atoms with Crippen LogP contribution in [0, 0.1) is 11.8 Å². The predicted octanol–water partition coefficient (Wildman–Crippen LogP) is 1.12. The first-order valence-corrected chi connectivity index (χ1v) is 6.78. The first-order valence-electron chi connectivity index (χ1n) is 6.78. The van der Waals surface area contributed by atoms with E-state index in [-0.39, 0.29) is 28.9 Å². The number of carbonyl (C=O) groups excluding carboxylic acids is 2. The molecule has 2 unspecified atom stereocenters. The zero-order valence-corrected chi connectivity index (χ0v) is 13.3. The molecule has 0 aromatic heterocycles. The van der Waals surface area contributed by atoms with Crippen LogP contribution in [0.15, 0.2) is 0 Å². The molecule has 0 rings (SSSR count). The van der Waals surface area contributed by atoms with Crippen LogP contribution >= 0.6 is 0 Å². The van der Waals surface area contributed by atoms with Crippen LogP contribution in [0.25, 0.3) is 0 Å². The average Bonchev–Trinajstić information content (AvgIpc) is 2.33. The van der Waals surface area contributed by atoms with Crippen molar-refractivity contribution in [3.63, 3.8) is 0 Å². The Kier molecular flexibility index (Phi) is 19.2. The van der Waals surface area contributed by atoms with Gasteiger partial charge in [-0.25, -0.2) is 0 Å². The third-order valence-corrected chi connectivity index (χ3v) is 2.79. The SMILES string of the molecule is CCCCC(C)C(=O)[O-].CCCCC(C)C(=O)[O-].[Cu+2]. The van der Waals surface area contributed by atoms with Gasteiger partial charge in [-0.3, -0.25) is 0 Å². The second kappa shape index (κ2) is 15.5. The standard InChI is InChI=1S/2C7H14O2.Cu/c2*1-3-4-5-6(2)7(8)9;/h2*6H,3-5H2,1-2H3,(H,8,9);/q;;+2/p-2. The fraction of sp³-hybridized carbons (Fsp3) is 0.857. The summed E-state index contributed by atoms with van der Waals surface area (Å²) in [4.78, 5) is 20.2. The Morgan fingerprint density at radius 2 is 1.11 bits per heavy atom. The van der Waals surface area contributed by atoms with Crippen molar-refractivity contribution in [3.8, 4) is 0 Å². The third-order valence-electron chi connectivity index (χ3n) is 2.79. The molecule has 0 spiro atoms. The zero-order valence-electron chi connectivity index (χ0n) is 12.3. The van der Waals surface area contributed by atoms with Gasteiger partial charge in [-0.1, -0.05) is 53.4 Å². The number of carbonyl (C=O) groups is 2. The summed E-state index contributed by atoms with van der Waals surface area (Å²) in [5.41, 5.74) is 0. The molecule has 117 valence electrons. The second-order valence-corrected chi connectivity index (χ2v) is 4.72. The van der Waals surface area contributed by atoms with Gasteiger partial charge in [0.2, 0.25) is 0 Å². The van der Waals surface area contributed by atoms with E-state index in [1.807, 2.05) is 13.8 Å². The summed E-state index contributed by atoms with van der Waals surface area (Å²) in [6.45, 7) is 7.46. The molecular weight excluding hydrogens is 296 g/mol. The molecule has 0 aliphatic carbocycles. The average molecular weight is 322 g/mol.